The minimum absolute atomic E-state index is 0.176. The highest BCUT2D eigenvalue weighted by atomic mass is 16.4. The van der Waals surface area contributed by atoms with Crippen LogP contribution in [0, 0.1) is 6.92 Å². The zero-order valence-corrected chi connectivity index (χ0v) is 8.07. The Morgan fingerprint density at radius 3 is 2.36 bits per heavy atom. The fraction of sp³-hybridized carbons (Fsp3) is 0.222. The molecule has 0 aliphatic rings. The van der Waals surface area contributed by atoms with E-state index in [1.807, 2.05) is 0 Å². The smallest absolute Gasteiger partial charge is 0.345 e. The van der Waals surface area contributed by atoms with Crippen molar-refractivity contribution in [3.05, 3.63) is 40.6 Å². The Hall–Kier alpha value is -1.91. The number of nitrogens with one attached hydrogen (secondary N) is 1. The molecule has 0 aliphatic heterocycles. The van der Waals surface area contributed by atoms with Gasteiger partial charge in [0.1, 0.15) is 0 Å². The molecular formula is C9H12N2O3. The average Bonchev–Trinajstić information content (AvgIpc) is 2.04. The van der Waals surface area contributed by atoms with E-state index in [-0.39, 0.29) is 11.3 Å². The van der Waals surface area contributed by atoms with Gasteiger partial charge in [0.2, 0.25) is 0 Å². The maximum absolute atomic E-state index is 10.3. The van der Waals surface area contributed by atoms with Gasteiger partial charge in [-0.3, -0.25) is 0 Å². The highest BCUT2D eigenvalue weighted by Gasteiger charge is 1.90. The molecule has 1 aromatic rings. The first kappa shape index (κ1) is 12.1. The molecule has 0 bridgehead atoms. The van der Waals surface area contributed by atoms with Crippen LogP contribution in [0.15, 0.2) is 29.2 Å². The number of aliphatic carboxylic acids is 1. The SMILES string of the molecule is C=C(C)C(=O)O.Cc1cc[nH]c(=O)n1. The third-order valence-electron chi connectivity index (χ3n) is 1.17. The molecule has 76 valence electrons. The van der Waals surface area contributed by atoms with Crippen molar-refractivity contribution in [3.8, 4) is 0 Å². The lowest BCUT2D eigenvalue weighted by molar-refractivity contribution is -0.132. The Morgan fingerprint density at radius 1 is 1.64 bits per heavy atom. The van der Waals surface area contributed by atoms with Crippen LogP contribution >= 0.6 is 0 Å². The first-order valence-electron chi connectivity index (χ1n) is 3.84. The summed E-state index contributed by atoms with van der Waals surface area (Å²) in [5.74, 6) is -0.935. The van der Waals surface area contributed by atoms with Crippen molar-refractivity contribution >= 4 is 5.97 Å². The maximum atomic E-state index is 10.3. The zero-order valence-electron chi connectivity index (χ0n) is 8.07. The van der Waals surface area contributed by atoms with Gasteiger partial charge in [0, 0.05) is 17.5 Å². The Kier molecular flexibility index (Phi) is 4.91. The van der Waals surface area contributed by atoms with Crippen LogP contribution in [0.4, 0.5) is 0 Å². The highest BCUT2D eigenvalue weighted by molar-refractivity contribution is 5.84. The van der Waals surface area contributed by atoms with Crippen LogP contribution in [0.5, 0.6) is 0 Å². The molecule has 0 unspecified atom stereocenters. The molecule has 2 N–H and O–H groups in total. The van der Waals surface area contributed by atoms with Gasteiger partial charge in [0.25, 0.3) is 0 Å². The summed E-state index contributed by atoms with van der Waals surface area (Å²) in [5.41, 5.74) is 0.633. The van der Waals surface area contributed by atoms with E-state index < -0.39 is 5.97 Å². The van der Waals surface area contributed by atoms with Crippen LogP contribution in [0.1, 0.15) is 12.6 Å². The lowest BCUT2D eigenvalue weighted by atomic mass is 10.4. The molecule has 1 heterocycles. The van der Waals surface area contributed by atoms with E-state index in [4.69, 9.17) is 5.11 Å². The van der Waals surface area contributed by atoms with Gasteiger partial charge >= 0.3 is 11.7 Å². The number of carbonyl (C=O) groups is 1. The standard InChI is InChI=1S/C5H6N2O.C4H6O2/c1-4-2-3-6-5(8)7-4;1-3(2)4(5)6/h2-3H,1H3,(H,6,7,8);1H2,2H3,(H,5,6). The minimum atomic E-state index is -0.935. The number of hydrogen-bond acceptors (Lipinski definition) is 3. The van der Waals surface area contributed by atoms with Crippen molar-refractivity contribution in [1.29, 1.82) is 0 Å². The number of carboxylic acid groups (broad SMARTS) is 1. The highest BCUT2D eigenvalue weighted by Crippen LogP contribution is 1.81. The molecule has 0 spiro atoms. The van der Waals surface area contributed by atoms with Gasteiger partial charge in [-0.15, -0.1) is 0 Å². The molecule has 0 aliphatic carbocycles. The molecule has 1 rings (SSSR count). The Morgan fingerprint density at radius 2 is 2.14 bits per heavy atom. The lowest BCUT2D eigenvalue weighted by Crippen LogP contribution is -2.08. The van der Waals surface area contributed by atoms with Crippen molar-refractivity contribution in [1.82, 2.24) is 9.97 Å². The molecular weight excluding hydrogens is 184 g/mol. The number of hydrogen-bond donors (Lipinski definition) is 2. The molecule has 0 saturated heterocycles. The summed E-state index contributed by atoms with van der Waals surface area (Å²) in [6.45, 7) is 6.37. The van der Waals surface area contributed by atoms with E-state index in [2.05, 4.69) is 16.5 Å². The summed E-state index contributed by atoms with van der Waals surface area (Å²) >= 11 is 0. The van der Waals surface area contributed by atoms with Gasteiger partial charge in [0.15, 0.2) is 0 Å². The van der Waals surface area contributed by atoms with Crippen molar-refractivity contribution in [2.75, 3.05) is 0 Å². The number of aromatic amines is 1. The van der Waals surface area contributed by atoms with Gasteiger partial charge in [-0.2, -0.15) is 4.98 Å². The molecule has 0 amide bonds. The molecule has 0 atom stereocenters. The maximum Gasteiger partial charge on any atom is 0.345 e. The average molecular weight is 196 g/mol. The summed E-state index contributed by atoms with van der Waals surface area (Å²) in [6, 6.07) is 1.74. The largest absolute Gasteiger partial charge is 0.478 e. The second kappa shape index (κ2) is 5.69. The van der Waals surface area contributed by atoms with E-state index >= 15 is 0 Å². The van der Waals surface area contributed by atoms with Crippen molar-refractivity contribution < 1.29 is 9.90 Å². The van der Waals surface area contributed by atoms with Gasteiger partial charge in [-0.1, -0.05) is 6.58 Å². The van der Waals surface area contributed by atoms with Crippen LogP contribution < -0.4 is 5.69 Å². The summed E-state index contributed by atoms with van der Waals surface area (Å²) in [4.78, 5) is 25.9. The van der Waals surface area contributed by atoms with E-state index in [9.17, 15) is 9.59 Å². The molecule has 0 radical (unpaired) electrons. The van der Waals surface area contributed by atoms with E-state index in [1.54, 1.807) is 19.2 Å². The molecule has 0 fully saturated rings. The topological polar surface area (TPSA) is 83.0 Å². The summed E-state index contributed by atoms with van der Waals surface area (Å²) < 4.78 is 0. The third-order valence-corrected chi connectivity index (χ3v) is 1.17. The normalized spacial score (nSPS) is 8.43. The van der Waals surface area contributed by atoms with Crippen LogP contribution in [0.25, 0.3) is 0 Å². The number of rotatable bonds is 1. The first-order valence-corrected chi connectivity index (χ1v) is 3.84. The van der Waals surface area contributed by atoms with E-state index in [1.165, 1.54) is 6.92 Å². The summed E-state index contributed by atoms with van der Waals surface area (Å²) in [7, 11) is 0. The van der Waals surface area contributed by atoms with Crippen molar-refractivity contribution in [2.24, 2.45) is 0 Å². The second-order valence-corrected chi connectivity index (χ2v) is 2.62. The molecule has 5 nitrogen and oxygen atoms in total. The first-order chi connectivity index (χ1) is 6.43. The number of carboxylic acids is 1. The van der Waals surface area contributed by atoms with Crippen molar-refractivity contribution in [2.45, 2.75) is 13.8 Å². The molecule has 0 saturated carbocycles. The fourth-order valence-electron chi connectivity index (χ4n) is 0.463. The molecule has 0 aromatic carbocycles. The van der Waals surface area contributed by atoms with Crippen LogP contribution in [-0.2, 0) is 4.79 Å². The Bertz CT molecular complexity index is 370. The monoisotopic (exact) mass is 196 g/mol. The quantitative estimate of drug-likeness (QED) is 0.648. The predicted molar refractivity (Wildman–Crippen MR) is 52.0 cm³/mol. The predicted octanol–water partition coefficient (Wildman–Crippen LogP) is 0.725. The Balaban J connectivity index is 0.000000255. The number of aromatic nitrogens is 2. The Labute approximate surface area is 81.1 Å². The molecule has 14 heavy (non-hydrogen) atoms. The van der Waals surface area contributed by atoms with Crippen LogP contribution in [0.3, 0.4) is 0 Å². The van der Waals surface area contributed by atoms with E-state index in [0.717, 1.165) is 5.69 Å². The fourth-order valence-corrected chi connectivity index (χ4v) is 0.463. The van der Waals surface area contributed by atoms with Gasteiger partial charge < -0.3 is 10.1 Å². The second-order valence-electron chi connectivity index (χ2n) is 2.62. The molecule has 5 heteroatoms. The number of aryl methyl sites for hydroxylation is 1. The lowest BCUT2D eigenvalue weighted by Gasteiger charge is -1.82. The minimum Gasteiger partial charge on any atom is -0.478 e. The third kappa shape index (κ3) is 5.70. The van der Waals surface area contributed by atoms with Crippen LogP contribution in [-0.4, -0.2) is 21.0 Å². The molecule has 1 aromatic heterocycles. The van der Waals surface area contributed by atoms with Crippen molar-refractivity contribution in [3.63, 3.8) is 0 Å². The summed E-state index contributed by atoms with van der Waals surface area (Å²) in [5, 5.41) is 7.89. The van der Waals surface area contributed by atoms with Gasteiger partial charge in [0.05, 0.1) is 0 Å². The summed E-state index contributed by atoms with van der Waals surface area (Å²) in [6.07, 6.45) is 1.57. The number of nitrogens with zero attached hydrogens (tertiary/aromatic N) is 1. The van der Waals surface area contributed by atoms with Crippen LogP contribution in [0.2, 0.25) is 0 Å². The van der Waals surface area contributed by atoms with E-state index in [0.29, 0.717) is 0 Å². The zero-order chi connectivity index (χ0) is 11.1. The van der Waals surface area contributed by atoms with Gasteiger partial charge in [-0.25, -0.2) is 9.59 Å². The number of H-pyrrole nitrogens is 1. The van der Waals surface area contributed by atoms with Gasteiger partial charge in [-0.05, 0) is 19.9 Å².